The second-order valence-corrected chi connectivity index (χ2v) is 7.67. The lowest BCUT2D eigenvalue weighted by atomic mass is 10.5. The molecule has 0 bridgehead atoms. The molecule has 0 aliphatic heterocycles. The first-order valence-electron chi connectivity index (χ1n) is 6.05. The van der Waals surface area contributed by atoms with E-state index >= 15 is 0 Å². The molecule has 0 unspecified atom stereocenters. The third kappa shape index (κ3) is 7.08. The summed E-state index contributed by atoms with van der Waals surface area (Å²) >= 11 is 1.11. The molecule has 0 aliphatic rings. The zero-order chi connectivity index (χ0) is 18.9. The largest absolute Gasteiger partial charge is 0.477 e. The molecule has 0 saturated carbocycles. The summed E-state index contributed by atoms with van der Waals surface area (Å²) in [6.45, 7) is 4.39. The molecule has 0 aliphatic carbocycles. The van der Waals surface area contributed by atoms with E-state index in [4.69, 9.17) is 22.0 Å². The van der Waals surface area contributed by atoms with Crippen LogP contribution < -0.4 is 21.5 Å². The minimum absolute atomic E-state index is 0.342. The predicted octanol–water partition coefficient (Wildman–Crippen LogP) is -0.401. The van der Waals surface area contributed by atoms with Crippen LogP contribution in [0.1, 0.15) is 6.92 Å². The molecular formula is C11H17N5O5S3. The Kier molecular flexibility index (Phi) is 9.20. The van der Waals surface area contributed by atoms with Gasteiger partial charge in [0.1, 0.15) is 15.0 Å². The fourth-order valence-electron chi connectivity index (χ4n) is 1.07. The van der Waals surface area contributed by atoms with Crippen LogP contribution in [0, 0.1) is 5.41 Å². The summed E-state index contributed by atoms with van der Waals surface area (Å²) in [5, 5.41) is 18.9. The van der Waals surface area contributed by atoms with Crippen molar-refractivity contribution in [3.05, 3.63) is 33.0 Å². The Hall–Kier alpha value is -1.96. The van der Waals surface area contributed by atoms with Crippen molar-refractivity contribution >= 4 is 50.6 Å². The van der Waals surface area contributed by atoms with Crippen molar-refractivity contribution in [2.24, 2.45) is 11.5 Å². The summed E-state index contributed by atoms with van der Waals surface area (Å²) in [7, 11) is -4.23. The quantitative estimate of drug-likeness (QED) is 0.180. The molecule has 0 aromatic carbocycles. The van der Waals surface area contributed by atoms with Crippen LogP contribution in [-0.2, 0) is 19.6 Å². The topological polar surface area (TPSA) is 188 Å². The monoisotopic (exact) mass is 395 g/mol. The second-order valence-electron chi connectivity index (χ2n) is 3.73. The van der Waals surface area contributed by atoms with E-state index in [-0.39, 0.29) is 15.8 Å². The summed E-state index contributed by atoms with van der Waals surface area (Å²) in [4.78, 5) is 22.0. The molecule has 0 radical (unpaired) electrons. The molecule has 0 saturated heterocycles. The molecule has 8 N–H and O–H groups in total. The molecular weight excluding hydrogens is 378 g/mol. The number of hydrogen-bond donors (Lipinski definition) is 6. The van der Waals surface area contributed by atoms with Gasteiger partial charge in [-0.2, -0.15) is 0 Å². The molecule has 0 spiro atoms. The number of rotatable bonds is 8. The van der Waals surface area contributed by atoms with Crippen molar-refractivity contribution in [1.82, 2.24) is 10.0 Å². The van der Waals surface area contributed by atoms with Gasteiger partial charge in [-0.1, -0.05) is 24.4 Å². The maximum atomic E-state index is 12.3. The third-order valence-electron chi connectivity index (χ3n) is 2.04. The first-order chi connectivity index (χ1) is 11.1. The molecule has 0 aromatic heterocycles. The van der Waals surface area contributed by atoms with Crippen molar-refractivity contribution in [1.29, 1.82) is 5.41 Å². The number of carboxylic acids is 1. The number of thioether (sulfide) groups is 2. The van der Waals surface area contributed by atoms with E-state index in [0.717, 1.165) is 0 Å². The number of nitrogens with two attached hydrogens (primary N) is 2. The molecule has 0 atom stereocenters. The van der Waals surface area contributed by atoms with Crippen LogP contribution in [0.4, 0.5) is 0 Å². The van der Waals surface area contributed by atoms with E-state index in [1.165, 1.54) is 18.4 Å². The smallest absolute Gasteiger partial charge is 0.354 e. The number of aliphatic carboxylic acids is 1. The van der Waals surface area contributed by atoms with Gasteiger partial charge < -0.3 is 21.9 Å². The Bertz CT molecular complexity index is 699. The summed E-state index contributed by atoms with van der Waals surface area (Å²) in [5.74, 6) is -2.18. The van der Waals surface area contributed by atoms with Gasteiger partial charge in [-0.15, -0.1) is 0 Å². The number of allylic oxidation sites excluding steroid dienone is 1. The number of amidine groups is 1. The molecule has 0 rings (SSSR count). The molecule has 24 heavy (non-hydrogen) atoms. The average molecular weight is 395 g/mol. The number of sulfonamides is 1. The maximum absolute atomic E-state index is 12.3. The Morgan fingerprint density at radius 1 is 1.42 bits per heavy atom. The molecule has 10 nitrogen and oxygen atoms in total. The van der Waals surface area contributed by atoms with E-state index < -0.39 is 32.8 Å². The van der Waals surface area contributed by atoms with Crippen LogP contribution in [0.25, 0.3) is 0 Å². The van der Waals surface area contributed by atoms with Crippen LogP contribution in [0.3, 0.4) is 0 Å². The highest BCUT2D eigenvalue weighted by molar-refractivity contribution is 8.27. The standard InChI is InChI=1S/C11H17N5O5S3/c1-3-7(23-11(14)15-6(17)5-12)24(20,21)16-9(22-4-2)8(13)10(18)19/h3-4,16H,2,5,12-13H2,1H3,(H,18,19)(H2,14,15,17)/b7-3+,9-8-. The van der Waals surface area contributed by atoms with Gasteiger partial charge in [0.2, 0.25) is 5.91 Å². The SMILES string of the molecule is C=CS/C(NS(=O)(=O)/C(=C/C)SC(=N)NC(=O)CN)=C(\N)C(=O)O. The molecule has 134 valence electrons. The van der Waals surface area contributed by atoms with Crippen molar-refractivity contribution in [2.75, 3.05) is 6.54 Å². The van der Waals surface area contributed by atoms with Crippen LogP contribution in [-0.4, -0.2) is 37.1 Å². The van der Waals surface area contributed by atoms with Crippen molar-refractivity contribution in [3.63, 3.8) is 0 Å². The number of carboxylic acid groups (broad SMARTS) is 1. The second kappa shape index (κ2) is 10.0. The highest BCUT2D eigenvalue weighted by atomic mass is 32.3. The van der Waals surface area contributed by atoms with Gasteiger partial charge in [0.15, 0.2) is 5.17 Å². The number of carbonyl (C=O) groups is 2. The highest BCUT2D eigenvalue weighted by Gasteiger charge is 2.23. The van der Waals surface area contributed by atoms with Crippen molar-refractivity contribution in [2.45, 2.75) is 6.92 Å². The number of carbonyl (C=O) groups excluding carboxylic acids is 1. The number of amides is 1. The fourth-order valence-corrected chi connectivity index (χ4v) is 4.03. The lowest BCUT2D eigenvalue weighted by molar-refractivity contribution is -0.132. The van der Waals surface area contributed by atoms with E-state index in [1.807, 2.05) is 4.72 Å². The van der Waals surface area contributed by atoms with Gasteiger partial charge in [-0.25, -0.2) is 13.2 Å². The van der Waals surface area contributed by atoms with Gasteiger partial charge in [0.25, 0.3) is 10.0 Å². The van der Waals surface area contributed by atoms with E-state index in [0.29, 0.717) is 23.5 Å². The molecule has 0 aromatic rings. The average Bonchev–Trinajstić information content (AvgIpc) is 2.50. The molecule has 0 fully saturated rings. The van der Waals surface area contributed by atoms with Gasteiger partial charge in [0, 0.05) is 0 Å². The van der Waals surface area contributed by atoms with E-state index in [2.05, 4.69) is 11.9 Å². The summed E-state index contributed by atoms with van der Waals surface area (Å²) < 4.78 is 26.3. The molecule has 1 amide bonds. The van der Waals surface area contributed by atoms with Crippen LogP contribution in [0.5, 0.6) is 0 Å². The zero-order valence-corrected chi connectivity index (χ0v) is 15.0. The molecule has 0 heterocycles. The lowest BCUT2D eigenvalue weighted by Gasteiger charge is -2.13. The summed E-state index contributed by atoms with van der Waals surface area (Å²) in [6.07, 6.45) is 1.17. The van der Waals surface area contributed by atoms with Gasteiger partial charge in [-0.3, -0.25) is 14.9 Å². The first kappa shape index (κ1) is 22.0. The third-order valence-corrected chi connectivity index (χ3v) is 5.79. The zero-order valence-electron chi connectivity index (χ0n) is 12.5. The van der Waals surface area contributed by atoms with Crippen molar-refractivity contribution in [3.8, 4) is 0 Å². The minimum atomic E-state index is -4.23. The Labute approximate surface area is 147 Å². The number of nitrogens with one attached hydrogen (secondary N) is 3. The van der Waals surface area contributed by atoms with Gasteiger partial charge in [-0.05, 0) is 24.1 Å². The number of hydrogen-bond acceptors (Lipinski definition) is 9. The highest BCUT2D eigenvalue weighted by Crippen LogP contribution is 2.25. The van der Waals surface area contributed by atoms with Crippen LogP contribution in [0.2, 0.25) is 0 Å². The first-order valence-corrected chi connectivity index (χ1v) is 9.23. The predicted molar refractivity (Wildman–Crippen MR) is 95.0 cm³/mol. The summed E-state index contributed by atoms with van der Waals surface area (Å²) in [6, 6.07) is 0. The van der Waals surface area contributed by atoms with Gasteiger partial charge in [0.05, 0.1) is 6.54 Å². The fraction of sp³-hybridized carbons (Fsp3) is 0.182. The summed E-state index contributed by atoms with van der Waals surface area (Å²) in [5.41, 5.74) is 9.69. The Morgan fingerprint density at radius 3 is 2.42 bits per heavy atom. The normalized spacial score (nSPS) is 12.8. The van der Waals surface area contributed by atoms with Crippen LogP contribution >= 0.6 is 23.5 Å². The van der Waals surface area contributed by atoms with Crippen LogP contribution in [0.15, 0.2) is 33.0 Å². The van der Waals surface area contributed by atoms with E-state index in [1.54, 1.807) is 0 Å². The lowest BCUT2D eigenvalue weighted by Crippen LogP contribution is -2.34. The minimum Gasteiger partial charge on any atom is -0.477 e. The van der Waals surface area contributed by atoms with Crippen molar-refractivity contribution < 1.29 is 23.1 Å². The van der Waals surface area contributed by atoms with Gasteiger partial charge >= 0.3 is 5.97 Å². The Morgan fingerprint density at radius 2 is 2.00 bits per heavy atom. The molecule has 13 heteroatoms. The maximum Gasteiger partial charge on any atom is 0.354 e. The Balaban J connectivity index is 5.42. The van der Waals surface area contributed by atoms with E-state index in [9.17, 15) is 18.0 Å².